The number of benzene rings is 3. The van der Waals surface area contributed by atoms with Crippen LogP contribution < -0.4 is 0 Å². The van der Waals surface area contributed by atoms with Crippen LogP contribution in [0, 0.1) is 11.3 Å². The first-order chi connectivity index (χ1) is 19.8. The van der Waals surface area contributed by atoms with Gasteiger partial charge in [0.2, 0.25) is 11.8 Å². The van der Waals surface area contributed by atoms with Crippen LogP contribution >= 0.6 is 0 Å². The van der Waals surface area contributed by atoms with Crippen molar-refractivity contribution in [1.82, 2.24) is 14.7 Å². The summed E-state index contributed by atoms with van der Waals surface area (Å²) < 4.78 is 0. The fourth-order valence-corrected chi connectivity index (χ4v) is 7.30. The molecule has 0 bridgehead atoms. The standard InChI is InChI=1S/C34H37N3O4/c1-24(2)29(31(39)40)36-21-19-33(32(36)41)18-20-35(23-33)30(38)28-22-37(28)34(25-12-6-3-7-13-25,26-14-8-4-9-15-26)27-16-10-5-11-17-27/h3-17,24,28-29H,18-23H2,1-2H3,(H,39,40)/t28?,29?,33?,37-/m1/s1. The molecule has 1 spiro atoms. The summed E-state index contributed by atoms with van der Waals surface area (Å²) in [5, 5.41) is 9.80. The lowest BCUT2D eigenvalue weighted by molar-refractivity contribution is -0.152. The molecule has 212 valence electrons. The predicted octanol–water partition coefficient (Wildman–Crippen LogP) is 4.22. The van der Waals surface area contributed by atoms with Crippen LogP contribution in [0.2, 0.25) is 0 Å². The molecule has 7 heteroatoms. The van der Waals surface area contributed by atoms with E-state index in [-0.39, 0.29) is 23.8 Å². The lowest BCUT2D eigenvalue weighted by atomic mass is 9.76. The number of nitrogens with zero attached hydrogens (tertiary/aromatic N) is 3. The minimum atomic E-state index is -0.968. The van der Waals surface area contributed by atoms with Crippen LogP contribution in [-0.2, 0) is 19.9 Å². The summed E-state index contributed by atoms with van der Waals surface area (Å²) >= 11 is 0. The highest BCUT2D eigenvalue weighted by molar-refractivity contribution is 5.92. The zero-order chi connectivity index (χ0) is 28.8. The Labute approximate surface area is 241 Å². The first-order valence-corrected chi connectivity index (χ1v) is 14.6. The normalized spacial score (nSPS) is 24.7. The van der Waals surface area contributed by atoms with Gasteiger partial charge in [0.1, 0.15) is 12.1 Å². The minimum Gasteiger partial charge on any atom is -0.480 e. The van der Waals surface area contributed by atoms with Crippen molar-refractivity contribution in [2.75, 3.05) is 26.2 Å². The topological polar surface area (TPSA) is 80.9 Å². The molecule has 7 nitrogen and oxygen atoms in total. The molecule has 3 fully saturated rings. The highest BCUT2D eigenvalue weighted by Crippen LogP contribution is 2.49. The molecule has 3 aromatic rings. The maximum atomic E-state index is 14.1. The van der Waals surface area contributed by atoms with Crippen LogP contribution in [0.15, 0.2) is 91.0 Å². The van der Waals surface area contributed by atoms with Crippen LogP contribution in [0.1, 0.15) is 43.4 Å². The number of aliphatic carboxylic acids is 1. The average Bonchev–Trinajstić information content (AvgIpc) is 3.57. The van der Waals surface area contributed by atoms with Gasteiger partial charge in [-0.2, -0.15) is 0 Å². The number of carboxylic acids is 1. The van der Waals surface area contributed by atoms with Gasteiger partial charge in [-0.3, -0.25) is 14.5 Å². The number of carbonyl (C=O) groups is 3. The van der Waals surface area contributed by atoms with Crippen molar-refractivity contribution in [1.29, 1.82) is 0 Å². The van der Waals surface area contributed by atoms with E-state index in [0.717, 1.165) is 16.7 Å². The molecule has 0 saturated carbocycles. The SMILES string of the molecule is CC(C)C(C(=O)O)N1CCC2(CCN(C(=O)C3C[N@@]3C(c3ccccc3)(c3ccccc3)c3ccccc3)C2)C1=O. The first-order valence-electron chi connectivity index (χ1n) is 14.6. The van der Waals surface area contributed by atoms with Gasteiger partial charge in [-0.15, -0.1) is 0 Å². The molecular weight excluding hydrogens is 514 g/mol. The Balaban J connectivity index is 1.29. The largest absolute Gasteiger partial charge is 0.480 e. The van der Waals surface area contributed by atoms with Gasteiger partial charge in [0.05, 0.1) is 11.0 Å². The van der Waals surface area contributed by atoms with Crippen molar-refractivity contribution in [2.24, 2.45) is 11.3 Å². The fraction of sp³-hybridized carbons (Fsp3) is 0.382. The summed E-state index contributed by atoms with van der Waals surface area (Å²) in [7, 11) is 0. The molecular formula is C34H37N3O4. The van der Waals surface area contributed by atoms with Crippen molar-refractivity contribution in [2.45, 2.75) is 44.3 Å². The molecule has 1 N–H and O–H groups in total. The number of carbonyl (C=O) groups excluding carboxylic acids is 2. The minimum absolute atomic E-state index is 0.0407. The number of rotatable bonds is 8. The molecule has 3 aliphatic heterocycles. The van der Waals surface area contributed by atoms with Gasteiger partial charge in [0, 0.05) is 26.2 Å². The highest BCUT2D eigenvalue weighted by Gasteiger charge is 2.59. The lowest BCUT2D eigenvalue weighted by Gasteiger charge is -2.38. The zero-order valence-corrected chi connectivity index (χ0v) is 23.6. The molecule has 3 aromatic carbocycles. The number of carboxylic acid groups (broad SMARTS) is 1. The highest BCUT2D eigenvalue weighted by atomic mass is 16.4. The van der Waals surface area contributed by atoms with Crippen LogP contribution in [0.5, 0.6) is 0 Å². The molecule has 6 rings (SSSR count). The molecule has 3 saturated heterocycles. The Bertz CT molecular complexity index is 1330. The lowest BCUT2D eigenvalue weighted by Crippen LogP contribution is -2.48. The van der Waals surface area contributed by atoms with Crippen molar-refractivity contribution in [3.63, 3.8) is 0 Å². The first kappa shape index (κ1) is 27.2. The van der Waals surface area contributed by atoms with Crippen molar-refractivity contribution in [3.05, 3.63) is 108 Å². The quantitative estimate of drug-likeness (QED) is 0.335. The monoisotopic (exact) mass is 551 g/mol. The third-order valence-electron chi connectivity index (χ3n) is 9.33. The summed E-state index contributed by atoms with van der Waals surface area (Å²) in [5.74, 6) is -1.23. The van der Waals surface area contributed by atoms with Crippen molar-refractivity contribution >= 4 is 17.8 Å². The maximum absolute atomic E-state index is 14.1. The predicted molar refractivity (Wildman–Crippen MR) is 156 cm³/mol. The van der Waals surface area contributed by atoms with Crippen LogP contribution in [0.3, 0.4) is 0 Å². The summed E-state index contributed by atoms with van der Waals surface area (Å²) in [6, 6.07) is 29.9. The Kier molecular flexibility index (Phi) is 6.94. The van der Waals surface area contributed by atoms with Gasteiger partial charge < -0.3 is 14.9 Å². The van der Waals surface area contributed by atoms with E-state index >= 15 is 0 Å². The molecule has 2 amide bonds. The Morgan fingerprint density at radius 1 is 0.829 bits per heavy atom. The summed E-state index contributed by atoms with van der Waals surface area (Å²) in [6.07, 6.45) is 1.16. The third-order valence-corrected chi connectivity index (χ3v) is 9.33. The van der Waals surface area contributed by atoms with Crippen LogP contribution in [0.4, 0.5) is 0 Å². The molecule has 3 heterocycles. The molecule has 41 heavy (non-hydrogen) atoms. The van der Waals surface area contributed by atoms with Crippen molar-refractivity contribution in [3.8, 4) is 0 Å². The van der Waals surface area contributed by atoms with E-state index in [1.54, 1.807) is 0 Å². The Morgan fingerprint density at radius 2 is 1.32 bits per heavy atom. The number of amides is 2. The molecule has 4 atom stereocenters. The number of hydrogen-bond donors (Lipinski definition) is 1. The van der Waals surface area contributed by atoms with E-state index in [2.05, 4.69) is 41.3 Å². The van der Waals surface area contributed by atoms with Gasteiger partial charge in [-0.05, 0) is 35.4 Å². The average molecular weight is 552 g/mol. The fourth-order valence-electron chi connectivity index (χ4n) is 7.30. The second kappa shape index (κ2) is 10.5. The van der Waals surface area contributed by atoms with E-state index in [4.69, 9.17) is 0 Å². The second-order valence-corrected chi connectivity index (χ2v) is 12.0. The Hall–Kier alpha value is -3.97. The number of hydrogen-bond acceptors (Lipinski definition) is 4. The van der Waals surface area contributed by atoms with Gasteiger partial charge in [-0.25, -0.2) is 4.79 Å². The summed E-state index contributed by atoms with van der Waals surface area (Å²) in [6.45, 7) is 5.56. The van der Waals surface area contributed by atoms with Crippen LogP contribution in [0.25, 0.3) is 0 Å². The molecule has 3 aliphatic rings. The molecule has 0 aromatic heterocycles. The number of likely N-dealkylation sites (tertiary alicyclic amines) is 2. The second-order valence-electron chi connectivity index (χ2n) is 12.0. The third kappa shape index (κ3) is 4.43. The van der Waals surface area contributed by atoms with Gasteiger partial charge >= 0.3 is 5.97 Å². The summed E-state index contributed by atoms with van der Waals surface area (Å²) in [5.41, 5.74) is 1.96. The molecule has 0 aliphatic carbocycles. The zero-order valence-electron chi connectivity index (χ0n) is 23.6. The molecule has 3 unspecified atom stereocenters. The van der Waals surface area contributed by atoms with E-state index in [1.165, 1.54) is 4.90 Å². The van der Waals surface area contributed by atoms with Crippen molar-refractivity contribution < 1.29 is 19.5 Å². The Morgan fingerprint density at radius 3 is 1.78 bits per heavy atom. The van der Waals surface area contributed by atoms with E-state index in [1.807, 2.05) is 73.3 Å². The van der Waals surface area contributed by atoms with Gasteiger partial charge in [-0.1, -0.05) is 105 Å². The smallest absolute Gasteiger partial charge is 0.326 e. The summed E-state index contributed by atoms with van der Waals surface area (Å²) in [4.78, 5) is 45.4. The van der Waals surface area contributed by atoms with E-state index in [9.17, 15) is 19.5 Å². The maximum Gasteiger partial charge on any atom is 0.326 e. The van der Waals surface area contributed by atoms with Crippen LogP contribution in [-0.4, -0.2) is 75.9 Å². The van der Waals surface area contributed by atoms with E-state index < -0.39 is 23.0 Å². The van der Waals surface area contributed by atoms with Gasteiger partial charge in [0.15, 0.2) is 0 Å². The van der Waals surface area contributed by atoms with Gasteiger partial charge in [0.25, 0.3) is 0 Å². The van der Waals surface area contributed by atoms with E-state index in [0.29, 0.717) is 39.0 Å². The molecule has 0 radical (unpaired) electrons.